The molecule has 0 saturated carbocycles. The highest BCUT2D eigenvalue weighted by Gasteiger charge is 2.08. The van der Waals surface area contributed by atoms with E-state index in [9.17, 15) is 0 Å². The maximum Gasteiger partial charge on any atom is 0.299 e. The average molecular weight is 296 g/mol. The Morgan fingerprint density at radius 2 is 2.06 bits per heavy atom. The van der Waals surface area contributed by atoms with Gasteiger partial charge in [-0.1, -0.05) is 39.6 Å². The van der Waals surface area contributed by atoms with Crippen molar-refractivity contribution in [2.24, 2.45) is 0 Å². The molecule has 2 rings (SSSR count). The highest BCUT2D eigenvalue weighted by atomic mass is 35.5. The van der Waals surface area contributed by atoms with Crippen LogP contribution in [0.25, 0.3) is 0 Å². The summed E-state index contributed by atoms with van der Waals surface area (Å²) in [6.07, 6.45) is 0. The van der Waals surface area contributed by atoms with E-state index in [0.717, 1.165) is 0 Å². The van der Waals surface area contributed by atoms with Crippen LogP contribution >= 0.6 is 46.1 Å². The molecule has 0 fully saturated rings. The molecule has 0 aliphatic rings. The Morgan fingerprint density at radius 3 is 2.75 bits per heavy atom. The van der Waals surface area contributed by atoms with Gasteiger partial charge in [0.25, 0.3) is 5.19 Å². The summed E-state index contributed by atoms with van der Waals surface area (Å²) >= 11 is 18.6. The molecule has 84 valence electrons. The second-order valence-electron chi connectivity index (χ2n) is 2.77. The van der Waals surface area contributed by atoms with Gasteiger partial charge in [0.2, 0.25) is 0 Å². The Morgan fingerprint density at radius 1 is 1.25 bits per heavy atom. The van der Waals surface area contributed by atoms with Gasteiger partial charge in [-0.2, -0.15) is 0 Å². The predicted molar refractivity (Wildman–Crippen MR) is 66.0 cm³/mol. The molecule has 0 saturated heterocycles. The van der Waals surface area contributed by atoms with Gasteiger partial charge in [-0.3, -0.25) is 0 Å². The molecule has 0 amide bonds. The Kier molecular flexibility index (Phi) is 3.86. The third kappa shape index (κ3) is 2.77. The highest BCUT2D eigenvalue weighted by molar-refractivity contribution is 7.13. The lowest BCUT2D eigenvalue weighted by Gasteiger charge is -2.03. The molecule has 0 spiro atoms. The van der Waals surface area contributed by atoms with Crippen molar-refractivity contribution in [3.05, 3.63) is 33.3 Å². The Balaban J connectivity index is 2.22. The predicted octanol–water partition coefficient (Wildman–Crippen LogP) is 4.38. The van der Waals surface area contributed by atoms with E-state index in [1.165, 1.54) is 11.3 Å². The molecule has 0 unspecified atom stereocenters. The molecule has 3 nitrogen and oxygen atoms in total. The molecule has 7 heteroatoms. The fourth-order valence-electron chi connectivity index (χ4n) is 0.983. The first kappa shape index (κ1) is 11.9. The number of benzene rings is 1. The first-order chi connectivity index (χ1) is 7.69. The summed E-state index contributed by atoms with van der Waals surface area (Å²) in [6.45, 7) is 0. The van der Waals surface area contributed by atoms with Crippen molar-refractivity contribution in [1.82, 2.24) is 10.2 Å². The van der Waals surface area contributed by atoms with Crippen LogP contribution in [-0.4, -0.2) is 10.2 Å². The van der Waals surface area contributed by atoms with Gasteiger partial charge in [0.1, 0.15) is 10.8 Å². The first-order valence-electron chi connectivity index (χ1n) is 4.20. The van der Waals surface area contributed by atoms with E-state index < -0.39 is 0 Å². The van der Waals surface area contributed by atoms with Crippen LogP contribution in [0.4, 0.5) is 0 Å². The van der Waals surface area contributed by atoms with Crippen LogP contribution in [0.5, 0.6) is 10.9 Å². The standard InChI is InChI=1S/C9H5Cl3N2OS/c10-4-8-13-14-9(16-8)15-7-3-5(11)1-2-6(7)12/h1-3H,4H2. The van der Waals surface area contributed by atoms with Crippen molar-refractivity contribution in [3.8, 4) is 10.9 Å². The van der Waals surface area contributed by atoms with Crippen molar-refractivity contribution >= 4 is 46.1 Å². The second-order valence-corrected chi connectivity index (χ2v) is 4.91. The summed E-state index contributed by atoms with van der Waals surface area (Å²) in [7, 11) is 0. The number of nitrogens with zero attached hydrogens (tertiary/aromatic N) is 2. The SMILES string of the molecule is ClCc1nnc(Oc2cc(Cl)ccc2Cl)s1. The van der Waals surface area contributed by atoms with E-state index in [1.807, 2.05) is 0 Å². The van der Waals surface area contributed by atoms with E-state index >= 15 is 0 Å². The Hall–Kier alpha value is -0.550. The lowest BCUT2D eigenvalue weighted by Crippen LogP contribution is -1.84. The molecule has 0 aliphatic carbocycles. The van der Waals surface area contributed by atoms with Crippen LogP contribution < -0.4 is 4.74 Å². The Bertz CT molecular complexity index is 503. The monoisotopic (exact) mass is 294 g/mol. The molecule has 0 bridgehead atoms. The van der Waals surface area contributed by atoms with Gasteiger partial charge in [0, 0.05) is 11.1 Å². The fraction of sp³-hybridized carbons (Fsp3) is 0.111. The normalized spacial score (nSPS) is 10.4. The van der Waals surface area contributed by atoms with Crippen molar-refractivity contribution in [2.75, 3.05) is 0 Å². The van der Waals surface area contributed by atoms with Crippen molar-refractivity contribution < 1.29 is 4.74 Å². The zero-order valence-electron chi connectivity index (χ0n) is 7.78. The molecule has 2 aromatic rings. The van der Waals surface area contributed by atoms with Gasteiger partial charge >= 0.3 is 0 Å². The molecular weight excluding hydrogens is 291 g/mol. The zero-order valence-corrected chi connectivity index (χ0v) is 10.9. The van der Waals surface area contributed by atoms with Gasteiger partial charge in [0.15, 0.2) is 0 Å². The third-order valence-electron chi connectivity index (χ3n) is 1.65. The van der Waals surface area contributed by atoms with Crippen molar-refractivity contribution in [1.29, 1.82) is 0 Å². The van der Waals surface area contributed by atoms with E-state index in [0.29, 0.717) is 31.9 Å². The van der Waals surface area contributed by atoms with Crippen LogP contribution in [-0.2, 0) is 5.88 Å². The first-order valence-corrected chi connectivity index (χ1v) is 6.31. The number of rotatable bonds is 3. The van der Waals surface area contributed by atoms with Crippen LogP contribution in [0.15, 0.2) is 18.2 Å². The molecule has 1 aromatic carbocycles. The minimum absolute atomic E-state index is 0.310. The molecule has 16 heavy (non-hydrogen) atoms. The number of halogens is 3. The third-order valence-corrected chi connectivity index (χ3v) is 3.41. The lowest BCUT2D eigenvalue weighted by atomic mass is 10.3. The second kappa shape index (κ2) is 5.19. The summed E-state index contributed by atoms with van der Waals surface area (Å²) in [6, 6.07) is 4.95. The van der Waals surface area contributed by atoms with Gasteiger partial charge in [-0.15, -0.1) is 16.7 Å². The van der Waals surface area contributed by atoms with E-state index in [1.54, 1.807) is 18.2 Å². The van der Waals surface area contributed by atoms with Gasteiger partial charge in [-0.25, -0.2) is 0 Å². The summed E-state index contributed by atoms with van der Waals surface area (Å²) in [5.74, 6) is 0.760. The van der Waals surface area contributed by atoms with Gasteiger partial charge in [0.05, 0.1) is 10.9 Å². The fourth-order valence-corrected chi connectivity index (χ4v) is 2.07. The summed E-state index contributed by atoms with van der Waals surface area (Å²) in [4.78, 5) is 0. The quantitative estimate of drug-likeness (QED) is 0.788. The van der Waals surface area contributed by atoms with Crippen molar-refractivity contribution in [2.45, 2.75) is 5.88 Å². The molecule has 1 heterocycles. The van der Waals surface area contributed by atoms with Crippen LogP contribution in [0, 0.1) is 0 Å². The number of ether oxygens (including phenoxy) is 1. The van der Waals surface area contributed by atoms with E-state index in [-0.39, 0.29) is 0 Å². The van der Waals surface area contributed by atoms with Crippen LogP contribution in [0.2, 0.25) is 10.0 Å². The van der Waals surface area contributed by atoms with Crippen molar-refractivity contribution in [3.63, 3.8) is 0 Å². The molecule has 0 aliphatic heterocycles. The molecule has 1 aromatic heterocycles. The largest absolute Gasteiger partial charge is 0.428 e. The zero-order chi connectivity index (χ0) is 11.5. The number of hydrogen-bond donors (Lipinski definition) is 0. The number of hydrogen-bond acceptors (Lipinski definition) is 4. The highest BCUT2D eigenvalue weighted by Crippen LogP contribution is 2.33. The van der Waals surface area contributed by atoms with Gasteiger partial charge < -0.3 is 4.74 Å². The minimum Gasteiger partial charge on any atom is -0.428 e. The summed E-state index contributed by atoms with van der Waals surface area (Å²) < 4.78 is 5.44. The minimum atomic E-state index is 0.310. The number of alkyl halides is 1. The molecular formula is C9H5Cl3N2OS. The van der Waals surface area contributed by atoms with Crippen LogP contribution in [0.1, 0.15) is 5.01 Å². The maximum atomic E-state index is 5.93. The summed E-state index contributed by atoms with van der Waals surface area (Å²) in [5, 5.41) is 9.72. The molecule has 0 radical (unpaired) electrons. The summed E-state index contributed by atoms with van der Waals surface area (Å²) in [5.41, 5.74) is 0. The van der Waals surface area contributed by atoms with Crippen LogP contribution in [0.3, 0.4) is 0 Å². The van der Waals surface area contributed by atoms with E-state index in [4.69, 9.17) is 39.5 Å². The average Bonchev–Trinajstić information content (AvgIpc) is 2.71. The smallest absolute Gasteiger partial charge is 0.299 e. The topological polar surface area (TPSA) is 35.0 Å². The number of aromatic nitrogens is 2. The molecule has 0 atom stereocenters. The maximum absolute atomic E-state index is 5.93. The van der Waals surface area contributed by atoms with E-state index in [2.05, 4.69) is 10.2 Å². The lowest BCUT2D eigenvalue weighted by molar-refractivity contribution is 0.473. The Labute approximate surface area is 111 Å². The van der Waals surface area contributed by atoms with Gasteiger partial charge in [-0.05, 0) is 12.1 Å². The molecule has 0 N–H and O–H groups in total.